The van der Waals surface area contributed by atoms with Crippen LogP contribution in [-0.4, -0.2) is 59.8 Å². The number of fused-ring (bicyclic) bond motifs is 2. The summed E-state index contributed by atoms with van der Waals surface area (Å²) in [5, 5.41) is 1.95. The van der Waals surface area contributed by atoms with E-state index >= 15 is 0 Å². The number of nitrogens with zero attached hydrogens (tertiary/aromatic N) is 2. The van der Waals surface area contributed by atoms with E-state index in [4.69, 9.17) is 4.74 Å². The van der Waals surface area contributed by atoms with Gasteiger partial charge in [0.15, 0.2) is 0 Å². The quantitative estimate of drug-likeness (QED) is 0.603. The average Bonchev–Trinajstić information content (AvgIpc) is 2.84. The van der Waals surface area contributed by atoms with Gasteiger partial charge in [-0.05, 0) is 52.9 Å². The normalized spacial score (nSPS) is 18.3. The van der Waals surface area contributed by atoms with Gasteiger partial charge in [0.2, 0.25) is 10.0 Å². The largest absolute Gasteiger partial charge is 0.379 e. The maximum absolute atomic E-state index is 13.2. The minimum absolute atomic E-state index is 0.0401. The van der Waals surface area contributed by atoms with Crippen molar-refractivity contribution in [1.29, 1.82) is 0 Å². The first-order valence-corrected chi connectivity index (χ1v) is 13.1. The summed E-state index contributed by atoms with van der Waals surface area (Å²) in [4.78, 5) is 4.93. The minimum atomic E-state index is -3.64. The van der Waals surface area contributed by atoms with Crippen LogP contribution in [0.4, 0.5) is 5.69 Å². The first kappa shape index (κ1) is 22.3. The van der Waals surface area contributed by atoms with E-state index in [-0.39, 0.29) is 6.04 Å². The fourth-order valence-electron chi connectivity index (χ4n) is 4.97. The van der Waals surface area contributed by atoms with Gasteiger partial charge in [-0.1, -0.05) is 42.5 Å². The van der Waals surface area contributed by atoms with E-state index in [2.05, 4.69) is 39.8 Å². The summed E-state index contributed by atoms with van der Waals surface area (Å²) in [5.74, 6) is 0. The first-order valence-electron chi connectivity index (χ1n) is 11.7. The predicted molar refractivity (Wildman–Crippen MR) is 132 cm³/mol. The maximum atomic E-state index is 13.2. The molecule has 0 unspecified atom stereocenters. The lowest BCUT2D eigenvalue weighted by Gasteiger charge is -2.36. The van der Waals surface area contributed by atoms with Gasteiger partial charge < -0.3 is 9.64 Å². The molecule has 5 rings (SSSR count). The second-order valence-corrected chi connectivity index (χ2v) is 10.7. The van der Waals surface area contributed by atoms with Crippen LogP contribution in [0.15, 0.2) is 65.6 Å². The highest BCUT2D eigenvalue weighted by atomic mass is 32.2. The molecule has 2 aliphatic heterocycles. The van der Waals surface area contributed by atoms with Gasteiger partial charge in [-0.2, -0.15) is 0 Å². The van der Waals surface area contributed by atoms with E-state index in [1.165, 1.54) is 11.3 Å². The third kappa shape index (κ3) is 4.77. The van der Waals surface area contributed by atoms with Gasteiger partial charge >= 0.3 is 0 Å². The molecule has 1 atom stereocenters. The van der Waals surface area contributed by atoms with Crippen LogP contribution in [0.3, 0.4) is 0 Å². The molecule has 2 aliphatic rings. The summed E-state index contributed by atoms with van der Waals surface area (Å²) in [6, 6.07) is 19.7. The van der Waals surface area contributed by atoms with Gasteiger partial charge in [0, 0.05) is 45.0 Å². The Morgan fingerprint density at radius 3 is 2.58 bits per heavy atom. The van der Waals surface area contributed by atoms with Crippen LogP contribution in [0, 0.1) is 0 Å². The summed E-state index contributed by atoms with van der Waals surface area (Å²) < 4.78 is 34.9. The molecule has 2 heterocycles. The molecule has 0 aromatic heterocycles. The van der Waals surface area contributed by atoms with E-state index in [0.717, 1.165) is 48.8 Å². The lowest BCUT2D eigenvalue weighted by Crippen LogP contribution is -2.43. The van der Waals surface area contributed by atoms with Crippen LogP contribution in [-0.2, 0) is 21.2 Å². The lowest BCUT2D eigenvalue weighted by molar-refractivity contribution is 0.0172. The summed E-state index contributed by atoms with van der Waals surface area (Å²) >= 11 is 0. The van der Waals surface area contributed by atoms with Gasteiger partial charge in [-0.25, -0.2) is 13.1 Å². The van der Waals surface area contributed by atoms with E-state index in [0.29, 0.717) is 24.7 Å². The number of morpholine rings is 1. The number of hydrogen-bond acceptors (Lipinski definition) is 5. The Bertz CT molecular complexity index is 1240. The van der Waals surface area contributed by atoms with Gasteiger partial charge in [0.1, 0.15) is 0 Å². The standard InChI is InChI=1S/C26H31N3O3S/c1-28-12-4-7-22-17-23(9-11-25(22)28)26(29-13-15-32-16-14-29)19-27-33(30,31)24-10-8-20-5-2-3-6-21(20)18-24/h2-3,5-6,8-11,17-18,26-27H,4,7,12-16,19H2,1H3/t26-/m0/s1. The molecule has 0 spiro atoms. The van der Waals surface area contributed by atoms with Crippen LogP contribution >= 0.6 is 0 Å². The zero-order chi connectivity index (χ0) is 22.8. The number of nitrogens with one attached hydrogen (secondary N) is 1. The Balaban J connectivity index is 1.41. The topological polar surface area (TPSA) is 61.9 Å². The predicted octanol–water partition coefficient (Wildman–Crippen LogP) is 3.57. The Hall–Kier alpha value is -2.45. The van der Waals surface area contributed by atoms with Crippen LogP contribution in [0.2, 0.25) is 0 Å². The highest BCUT2D eigenvalue weighted by Gasteiger charge is 2.26. The van der Waals surface area contributed by atoms with Crippen molar-refractivity contribution in [2.45, 2.75) is 23.8 Å². The Morgan fingerprint density at radius 2 is 1.76 bits per heavy atom. The summed E-state index contributed by atoms with van der Waals surface area (Å²) in [5.41, 5.74) is 3.78. The van der Waals surface area contributed by atoms with E-state index < -0.39 is 10.0 Å². The van der Waals surface area contributed by atoms with Crippen molar-refractivity contribution in [1.82, 2.24) is 9.62 Å². The van der Waals surface area contributed by atoms with Gasteiger partial charge in [0.25, 0.3) is 0 Å². The van der Waals surface area contributed by atoms with E-state index in [1.807, 2.05) is 30.3 Å². The molecule has 0 saturated carbocycles. The Kier molecular flexibility index (Phi) is 6.38. The molecule has 1 saturated heterocycles. The zero-order valence-corrected chi connectivity index (χ0v) is 19.9. The average molecular weight is 466 g/mol. The molecule has 1 fully saturated rings. The Morgan fingerprint density at radius 1 is 0.970 bits per heavy atom. The monoisotopic (exact) mass is 465 g/mol. The fourth-order valence-corrected chi connectivity index (χ4v) is 6.04. The van der Waals surface area contributed by atoms with E-state index in [9.17, 15) is 8.42 Å². The summed E-state index contributed by atoms with van der Waals surface area (Å²) in [6.07, 6.45) is 2.20. The van der Waals surface area contributed by atoms with Crippen molar-refractivity contribution >= 4 is 26.5 Å². The molecule has 1 N–H and O–H groups in total. The Labute approximate surface area is 196 Å². The smallest absolute Gasteiger partial charge is 0.240 e. The highest BCUT2D eigenvalue weighted by molar-refractivity contribution is 7.89. The third-order valence-electron chi connectivity index (χ3n) is 6.82. The minimum Gasteiger partial charge on any atom is -0.379 e. The number of hydrogen-bond donors (Lipinski definition) is 1. The number of aryl methyl sites for hydroxylation is 1. The zero-order valence-electron chi connectivity index (χ0n) is 19.0. The van der Waals surface area contributed by atoms with Crippen molar-refractivity contribution in [3.63, 3.8) is 0 Å². The van der Waals surface area contributed by atoms with Crippen LogP contribution in [0.1, 0.15) is 23.6 Å². The molecular formula is C26H31N3O3S. The molecule has 0 radical (unpaired) electrons. The molecule has 0 aliphatic carbocycles. The maximum Gasteiger partial charge on any atom is 0.240 e. The van der Waals surface area contributed by atoms with Gasteiger partial charge in [-0.15, -0.1) is 0 Å². The summed E-state index contributed by atoms with van der Waals surface area (Å²) in [7, 11) is -1.50. The molecule has 0 amide bonds. The second-order valence-electron chi connectivity index (χ2n) is 8.94. The number of rotatable bonds is 6. The van der Waals surface area contributed by atoms with Crippen molar-refractivity contribution in [3.8, 4) is 0 Å². The van der Waals surface area contributed by atoms with Crippen LogP contribution in [0.5, 0.6) is 0 Å². The van der Waals surface area contributed by atoms with E-state index in [1.54, 1.807) is 12.1 Å². The van der Waals surface area contributed by atoms with Crippen molar-refractivity contribution < 1.29 is 13.2 Å². The molecule has 7 heteroatoms. The van der Waals surface area contributed by atoms with Gasteiger partial charge in [-0.3, -0.25) is 4.90 Å². The number of sulfonamides is 1. The lowest BCUT2D eigenvalue weighted by atomic mass is 9.96. The molecule has 3 aromatic rings. The highest BCUT2D eigenvalue weighted by Crippen LogP contribution is 2.31. The number of anilines is 1. The van der Waals surface area contributed by atoms with Crippen LogP contribution in [0.25, 0.3) is 10.8 Å². The molecule has 6 nitrogen and oxygen atoms in total. The summed E-state index contributed by atoms with van der Waals surface area (Å²) in [6.45, 7) is 4.32. The van der Waals surface area contributed by atoms with Crippen molar-refractivity contribution in [2.75, 3.05) is 51.3 Å². The fraction of sp³-hybridized carbons (Fsp3) is 0.385. The third-order valence-corrected chi connectivity index (χ3v) is 8.24. The van der Waals surface area contributed by atoms with Crippen molar-refractivity contribution in [3.05, 3.63) is 71.8 Å². The molecule has 0 bridgehead atoms. The van der Waals surface area contributed by atoms with Gasteiger partial charge in [0.05, 0.1) is 18.1 Å². The second kappa shape index (κ2) is 9.43. The molecular weight excluding hydrogens is 434 g/mol. The SMILES string of the molecule is CN1CCCc2cc([C@H](CNS(=O)(=O)c3ccc4ccccc4c3)N3CCOCC3)ccc21. The number of ether oxygens (including phenoxy) is 1. The van der Waals surface area contributed by atoms with Crippen LogP contribution < -0.4 is 9.62 Å². The molecule has 33 heavy (non-hydrogen) atoms. The molecule has 174 valence electrons. The number of benzene rings is 3. The molecule has 3 aromatic carbocycles. The van der Waals surface area contributed by atoms with Crippen molar-refractivity contribution in [2.24, 2.45) is 0 Å². The first-order chi connectivity index (χ1) is 16.0.